The molecule has 9 nitrogen and oxygen atoms in total. The molecule has 32 heavy (non-hydrogen) atoms. The number of aromatic amines is 1. The third-order valence-electron chi connectivity index (χ3n) is 4.90. The van der Waals surface area contributed by atoms with Gasteiger partial charge < -0.3 is 10.3 Å². The van der Waals surface area contributed by atoms with E-state index in [1.54, 1.807) is 18.2 Å². The molecule has 0 bridgehead atoms. The Morgan fingerprint density at radius 1 is 1.03 bits per heavy atom. The zero-order valence-electron chi connectivity index (χ0n) is 16.7. The summed E-state index contributed by atoms with van der Waals surface area (Å²) in [6.45, 7) is 0.215. The topological polar surface area (TPSA) is 126 Å². The number of nitrogens with zero attached hydrogens (tertiary/aromatic N) is 5. The van der Waals surface area contributed by atoms with Gasteiger partial charge in [-0.3, -0.25) is 0 Å². The number of benzene rings is 2. The van der Waals surface area contributed by atoms with Gasteiger partial charge in [0.15, 0.2) is 21.3 Å². The van der Waals surface area contributed by atoms with Crippen LogP contribution in [-0.4, -0.2) is 44.6 Å². The molecule has 0 aliphatic heterocycles. The average Bonchev–Trinajstić information content (AvgIpc) is 3.26. The van der Waals surface area contributed by atoms with Crippen molar-refractivity contribution in [2.45, 2.75) is 11.4 Å². The Balaban J connectivity index is 1.68. The highest BCUT2D eigenvalue weighted by Gasteiger charge is 2.19. The molecule has 0 atom stereocenters. The van der Waals surface area contributed by atoms with E-state index in [4.69, 9.17) is 21.6 Å². The molecule has 3 aromatic heterocycles. The Hall–Kier alpha value is -3.63. The maximum Gasteiger partial charge on any atom is 0.182 e. The van der Waals surface area contributed by atoms with Crippen molar-refractivity contribution in [3.63, 3.8) is 0 Å². The number of hydrogen-bond donors (Lipinski definition) is 2. The largest absolute Gasteiger partial charge is 0.362 e. The molecule has 0 amide bonds. The molecule has 5 aromatic rings. The molecule has 0 unspecified atom stereocenters. The van der Waals surface area contributed by atoms with Crippen LogP contribution >= 0.6 is 11.6 Å². The van der Waals surface area contributed by atoms with Gasteiger partial charge in [0, 0.05) is 11.8 Å². The minimum atomic E-state index is -3.50. The fraction of sp³-hybridized carbons (Fsp3) is 0.0952. The van der Waals surface area contributed by atoms with Gasteiger partial charge in [-0.2, -0.15) is 0 Å². The van der Waals surface area contributed by atoms with Crippen molar-refractivity contribution in [2.24, 2.45) is 0 Å². The summed E-state index contributed by atoms with van der Waals surface area (Å²) in [4.78, 5) is 25.1. The first-order valence-electron chi connectivity index (χ1n) is 9.54. The van der Waals surface area contributed by atoms with Crippen LogP contribution in [0.15, 0.2) is 60.0 Å². The van der Waals surface area contributed by atoms with Gasteiger partial charge in [-0.05, 0) is 18.2 Å². The summed E-state index contributed by atoms with van der Waals surface area (Å²) in [6, 6.07) is 12.2. The van der Waals surface area contributed by atoms with Gasteiger partial charge in [0.05, 0.1) is 39.7 Å². The molecule has 0 fully saturated rings. The van der Waals surface area contributed by atoms with Crippen molar-refractivity contribution < 1.29 is 8.42 Å². The molecule has 3 heterocycles. The Morgan fingerprint density at radius 2 is 1.88 bits per heavy atom. The summed E-state index contributed by atoms with van der Waals surface area (Å²) in [6.07, 6.45) is 4.10. The number of fused-ring (bicyclic) bond motifs is 2. The molecule has 5 rings (SSSR count). The average molecular weight is 466 g/mol. The van der Waals surface area contributed by atoms with Gasteiger partial charge in [0.1, 0.15) is 17.4 Å². The van der Waals surface area contributed by atoms with E-state index in [0.717, 1.165) is 6.26 Å². The molecular formula is C21H16ClN7O2S. The van der Waals surface area contributed by atoms with E-state index in [-0.39, 0.29) is 11.4 Å². The fourth-order valence-electron chi connectivity index (χ4n) is 3.44. The summed E-state index contributed by atoms with van der Waals surface area (Å²) in [7, 11) is -3.50. The van der Waals surface area contributed by atoms with Crippen LogP contribution in [0.5, 0.6) is 0 Å². The van der Waals surface area contributed by atoms with Crippen LogP contribution in [0.1, 0.15) is 5.69 Å². The lowest BCUT2D eigenvalue weighted by atomic mass is 10.1. The summed E-state index contributed by atoms with van der Waals surface area (Å²) >= 11 is 6.45. The first-order valence-corrected chi connectivity index (χ1v) is 11.8. The molecule has 2 N–H and O–H groups in total. The van der Waals surface area contributed by atoms with Crippen LogP contribution < -0.4 is 5.32 Å². The van der Waals surface area contributed by atoms with Crippen molar-refractivity contribution in [2.75, 3.05) is 11.6 Å². The number of hydrogen-bond acceptors (Lipinski definition) is 8. The van der Waals surface area contributed by atoms with Gasteiger partial charge in [-0.15, -0.1) is 0 Å². The lowest BCUT2D eigenvalue weighted by Gasteiger charge is -2.14. The van der Waals surface area contributed by atoms with Crippen molar-refractivity contribution >= 4 is 49.5 Å². The third-order valence-corrected chi connectivity index (χ3v) is 6.36. The molecule has 11 heteroatoms. The van der Waals surface area contributed by atoms with Crippen molar-refractivity contribution in [3.05, 3.63) is 65.8 Å². The maximum atomic E-state index is 12.3. The van der Waals surface area contributed by atoms with Crippen molar-refractivity contribution in [1.82, 2.24) is 29.9 Å². The number of para-hydroxylation sites is 1. The van der Waals surface area contributed by atoms with Gasteiger partial charge >= 0.3 is 0 Å². The molecular weight excluding hydrogens is 450 g/mol. The first kappa shape index (κ1) is 20.3. The van der Waals surface area contributed by atoms with Crippen LogP contribution in [0.4, 0.5) is 5.82 Å². The van der Waals surface area contributed by atoms with E-state index in [9.17, 15) is 8.42 Å². The number of sulfone groups is 1. The van der Waals surface area contributed by atoms with Crippen LogP contribution in [0.25, 0.3) is 33.5 Å². The van der Waals surface area contributed by atoms with Crippen LogP contribution in [0.3, 0.4) is 0 Å². The summed E-state index contributed by atoms with van der Waals surface area (Å²) in [5.74, 6) is 0.538. The maximum absolute atomic E-state index is 12.3. The fourth-order valence-corrected chi connectivity index (χ4v) is 4.50. The zero-order valence-corrected chi connectivity index (χ0v) is 18.3. The first-order chi connectivity index (χ1) is 15.4. The van der Waals surface area contributed by atoms with Crippen LogP contribution in [-0.2, 0) is 16.4 Å². The Labute approximate surface area is 187 Å². The molecule has 0 aliphatic carbocycles. The highest BCUT2D eigenvalue weighted by Crippen LogP contribution is 2.31. The number of aromatic nitrogens is 6. The normalized spacial score (nSPS) is 11.8. The number of imidazole rings is 1. The highest BCUT2D eigenvalue weighted by molar-refractivity contribution is 7.91. The smallest absolute Gasteiger partial charge is 0.182 e. The predicted octanol–water partition coefficient (Wildman–Crippen LogP) is 3.63. The van der Waals surface area contributed by atoms with E-state index in [1.165, 1.54) is 18.7 Å². The second-order valence-corrected chi connectivity index (χ2v) is 9.46. The molecule has 0 spiro atoms. The molecule has 0 radical (unpaired) electrons. The van der Waals surface area contributed by atoms with Crippen molar-refractivity contribution in [1.29, 1.82) is 0 Å². The predicted molar refractivity (Wildman–Crippen MR) is 122 cm³/mol. The van der Waals surface area contributed by atoms with E-state index < -0.39 is 9.84 Å². The minimum Gasteiger partial charge on any atom is -0.362 e. The van der Waals surface area contributed by atoms with E-state index >= 15 is 0 Å². The number of nitrogens with one attached hydrogen (secondary N) is 2. The molecule has 0 saturated carbocycles. The monoisotopic (exact) mass is 465 g/mol. The molecule has 0 saturated heterocycles. The molecule has 0 aliphatic rings. The minimum absolute atomic E-state index is 0.118. The van der Waals surface area contributed by atoms with Crippen LogP contribution in [0, 0.1) is 0 Å². The molecule has 2 aromatic carbocycles. The number of halogens is 1. The quantitative estimate of drug-likeness (QED) is 0.403. The summed E-state index contributed by atoms with van der Waals surface area (Å²) in [5, 5.41) is 3.74. The summed E-state index contributed by atoms with van der Waals surface area (Å²) < 4.78 is 24.7. The van der Waals surface area contributed by atoms with E-state index in [2.05, 4.69) is 25.3 Å². The second-order valence-electron chi connectivity index (χ2n) is 7.07. The standard InChI is InChI=1S/C21H16ClN7O2S/c1-32(30,31)16-8-4-7-14-18(16)29-15(17(28-14)12-5-2-3-6-13(12)22)9-23-20-19-21(25-10-24-19)27-11-26-20/h2-8,10-11H,9H2,1H3,(H2,23,24,25,26,27). The third kappa shape index (κ3) is 3.63. The van der Waals surface area contributed by atoms with Gasteiger partial charge in [0.2, 0.25) is 0 Å². The Kier molecular flexibility index (Phi) is 4.95. The zero-order chi connectivity index (χ0) is 22.3. The SMILES string of the molecule is CS(=O)(=O)c1cccc2nc(-c3ccccc3Cl)c(CNc3ncnc4nc[nH]c34)nc12. The number of H-pyrrole nitrogens is 1. The van der Waals surface area contributed by atoms with Crippen LogP contribution in [0.2, 0.25) is 5.02 Å². The van der Waals surface area contributed by atoms with E-state index in [0.29, 0.717) is 50.0 Å². The highest BCUT2D eigenvalue weighted by atomic mass is 35.5. The lowest BCUT2D eigenvalue weighted by Crippen LogP contribution is -2.09. The molecule has 160 valence electrons. The Morgan fingerprint density at radius 3 is 2.69 bits per heavy atom. The van der Waals surface area contributed by atoms with E-state index in [1.807, 2.05) is 18.2 Å². The van der Waals surface area contributed by atoms with Gasteiger partial charge in [0.25, 0.3) is 0 Å². The lowest BCUT2D eigenvalue weighted by molar-refractivity contribution is 0.602. The summed E-state index contributed by atoms with van der Waals surface area (Å²) in [5.41, 5.74) is 3.71. The van der Waals surface area contributed by atoms with Crippen molar-refractivity contribution in [3.8, 4) is 11.3 Å². The number of rotatable bonds is 5. The van der Waals surface area contributed by atoms with Gasteiger partial charge in [-0.1, -0.05) is 35.9 Å². The Bertz CT molecular complexity index is 1580. The van der Waals surface area contributed by atoms with Gasteiger partial charge in [-0.25, -0.2) is 33.3 Å². The second kappa shape index (κ2) is 7.81. The number of anilines is 1.